The van der Waals surface area contributed by atoms with E-state index in [2.05, 4.69) is 17.3 Å². The molecule has 20 heavy (non-hydrogen) atoms. The van der Waals surface area contributed by atoms with Gasteiger partial charge in [-0.3, -0.25) is 4.79 Å². The van der Waals surface area contributed by atoms with E-state index in [9.17, 15) is 4.79 Å². The number of aromatic nitrogens is 2. The minimum atomic E-state index is -0.0685. The minimum Gasteiger partial charge on any atom is -0.481 e. The van der Waals surface area contributed by atoms with Crippen LogP contribution >= 0.6 is 11.8 Å². The normalized spacial score (nSPS) is 22.0. The van der Waals surface area contributed by atoms with Crippen molar-refractivity contribution in [2.75, 3.05) is 12.9 Å². The zero-order chi connectivity index (χ0) is 14.7. The Hall–Kier alpha value is -1.17. The number of methoxy groups -OCH3 is 1. The molecule has 0 aromatic carbocycles. The fourth-order valence-corrected chi connectivity index (χ4v) is 4.08. The number of hydrogen-bond donors (Lipinski definition) is 1. The van der Waals surface area contributed by atoms with E-state index in [1.54, 1.807) is 18.8 Å². The van der Waals surface area contributed by atoms with Crippen LogP contribution in [0.5, 0.6) is 5.88 Å². The summed E-state index contributed by atoms with van der Waals surface area (Å²) in [6.07, 6.45) is 3.43. The van der Waals surface area contributed by atoms with Gasteiger partial charge in [0.1, 0.15) is 5.56 Å². The lowest BCUT2D eigenvalue weighted by Gasteiger charge is -2.20. The standard InChI is InChI=1S/C14H23N3O2S/c1-5-20-11-8-6-7-10(11)15-13(18)12-9(2)16-17(3)14(12)19-4/h10-11H,5-8H2,1-4H3,(H,15,18)/t10-,11+/m1/s1. The number of hydrogen-bond acceptors (Lipinski definition) is 4. The second-order valence-electron chi connectivity index (χ2n) is 5.10. The van der Waals surface area contributed by atoms with Crippen LogP contribution in [-0.2, 0) is 7.05 Å². The molecule has 0 spiro atoms. The quantitative estimate of drug-likeness (QED) is 0.904. The highest BCUT2D eigenvalue weighted by atomic mass is 32.2. The van der Waals surface area contributed by atoms with E-state index >= 15 is 0 Å². The van der Waals surface area contributed by atoms with Crippen LogP contribution in [0.3, 0.4) is 0 Å². The van der Waals surface area contributed by atoms with Crippen molar-refractivity contribution in [2.24, 2.45) is 7.05 Å². The molecule has 1 fully saturated rings. The first-order chi connectivity index (χ1) is 9.58. The van der Waals surface area contributed by atoms with E-state index < -0.39 is 0 Å². The average molecular weight is 297 g/mol. The molecule has 0 unspecified atom stereocenters. The fourth-order valence-electron chi connectivity index (χ4n) is 2.88. The highest BCUT2D eigenvalue weighted by Crippen LogP contribution is 2.30. The summed E-state index contributed by atoms with van der Waals surface area (Å²) >= 11 is 1.94. The molecule has 1 amide bonds. The summed E-state index contributed by atoms with van der Waals surface area (Å²) < 4.78 is 6.90. The summed E-state index contributed by atoms with van der Waals surface area (Å²) in [5.74, 6) is 1.55. The van der Waals surface area contributed by atoms with Crippen LogP contribution in [0.25, 0.3) is 0 Å². The van der Waals surface area contributed by atoms with Crippen molar-refractivity contribution in [3.05, 3.63) is 11.3 Å². The Morgan fingerprint density at radius 2 is 2.30 bits per heavy atom. The van der Waals surface area contributed by atoms with Crippen molar-refractivity contribution in [2.45, 2.75) is 44.4 Å². The van der Waals surface area contributed by atoms with Crippen molar-refractivity contribution in [1.29, 1.82) is 0 Å². The molecule has 1 aliphatic rings. The van der Waals surface area contributed by atoms with Crippen LogP contribution in [0.2, 0.25) is 0 Å². The third kappa shape index (κ3) is 2.95. The molecule has 6 heteroatoms. The van der Waals surface area contributed by atoms with Crippen LogP contribution in [0.1, 0.15) is 42.2 Å². The van der Waals surface area contributed by atoms with E-state index in [0.29, 0.717) is 22.4 Å². The largest absolute Gasteiger partial charge is 0.481 e. The van der Waals surface area contributed by atoms with Gasteiger partial charge in [0.05, 0.1) is 12.8 Å². The van der Waals surface area contributed by atoms with Gasteiger partial charge >= 0.3 is 0 Å². The lowest BCUT2D eigenvalue weighted by molar-refractivity contribution is 0.0934. The molecule has 1 aliphatic carbocycles. The van der Waals surface area contributed by atoms with Crippen molar-refractivity contribution in [1.82, 2.24) is 15.1 Å². The minimum absolute atomic E-state index is 0.0685. The lowest BCUT2D eigenvalue weighted by atomic mass is 10.2. The van der Waals surface area contributed by atoms with Crippen molar-refractivity contribution in [3.8, 4) is 5.88 Å². The summed E-state index contributed by atoms with van der Waals surface area (Å²) in [6, 6.07) is 0.261. The molecule has 0 radical (unpaired) electrons. The maximum absolute atomic E-state index is 12.5. The molecule has 1 N–H and O–H groups in total. The van der Waals surface area contributed by atoms with Crippen molar-refractivity contribution >= 4 is 17.7 Å². The number of nitrogens with one attached hydrogen (secondary N) is 1. The number of thioether (sulfide) groups is 1. The molecule has 0 aliphatic heterocycles. The van der Waals surface area contributed by atoms with Gasteiger partial charge in [0.15, 0.2) is 0 Å². The number of rotatable bonds is 5. The van der Waals surface area contributed by atoms with Gasteiger partial charge in [-0.05, 0) is 25.5 Å². The topological polar surface area (TPSA) is 56.2 Å². The molecular weight excluding hydrogens is 274 g/mol. The third-order valence-electron chi connectivity index (χ3n) is 3.74. The van der Waals surface area contributed by atoms with Crippen molar-refractivity contribution < 1.29 is 9.53 Å². The van der Waals surface area contributed by atoms with Gasteiger partial charge in [-0.2, -0.15) is 16.9 Å². The van der Waals surface area contributed by atoms with Gasteiger partial charge in [-0.25, -0.2) is 4.68 Å². The van der Waals surface area contributed by atoms with Gasteiger partial charge in [-0.15, -0.1) is 0 Å². The van der Waals surface area contributed by atoms with E-state index in [0.717, 1.165) is 12.2 Å². The van der Waals surface area contributed by atoms with E-state index in [-0.39, 0.29) is 11.9 Å². The molecule has 0 bridgehead atoms. The van der Waals surface area contributed by atoms with Gasteiger partial charge in [-0.1, -0.05) is 13.3 Å². The van der Waals surface area contributed by atoms with Crippen LogP contribution in [0.4, 0.5) is 0 Å². The Kier molecular flexibility index (Phi) is 4.96. The van der Waals surface area contributed by atoms with Crippen LogP contribution < -0.4 is 10.1 Å². The Morgan fingerprint density at radius 1 is 1.55 bits per heavy atom. The van der Waals surface area contributed by atoms with E-state index in [1.165, 1.54) is 12.8 Å². The molecule has 2 atom stereocenters. The fraction of sp³-hybridized carbons (Fsp3) is 0.714. The van der Waals surface area contributed by atoms with E-state index in [1.807, 2.05) is 18.7 Å². The summed E-state index contributed by atoms with van der Waals surface area (Å²) in [7, 11) is 3.35. The number of nitrogens with zero attached hydrogens (tertiary/aromatic N) is 2. The zero-order valence-corrected chi connectivity index (χ0v) is 13.4. The Morgan fingerprint density at radius 3 is 2.95 bits per heavy atom. The Labute approximate surface area is 124 Å². The van der Waals surface area contributed by atoms with E-state index in [4.69, 9.17) is 4.74 Å². The van der Waals surface area contributed by atoms with Crippen molar-refractivity contribution in [3.63, 3.8) is 0 Å². The lowest BCUT2D eigenvalue weighted by Crippen LogP contribution is -2.39. The molecular formula is C14H23N3O2S. The molecule has 2 rings (SSSR count). The Balaban J connectivity index is 2.12. The van der Waals surface area contributed by atoms with Gasteiger partial charge in [0.2, 0.25) is 5.88 Å². The molecule has 0 saturated heterocycles. The maximum Gasteiger partial charge on any atom is 0.258 e. The Bertz CT molecular complexity index is 487. The summed E-state index contributed by atoms with van der Waals surface area (Å²) in [5.41, 5.74) is 1.27. The molecule has 1 aromatic heterocycles. The predicted molar refractivity (Wildman–Crippen MR) is 81.5 cm³/mol. The monoisotopic (exact) mass is 297 g/mol. The smallest absolute Gasteiger partial charge is 0.258 e. The van der Waals surface area contributed by atoms with Crippen LogP contribution in [0, 0.1) is 6.92 Å². The SMILES string of the molecule is CCS[C@H]1CCC[C@H]1NC(=O)c1c(C)nn(C)c1OC. The highest BCUT2D eigenvalue weighted by molar-refractivity contribution is 7.99. The molecule has 1 aromatic rings. The molecule has 1 saturated carbocycles. The third-order valence-corrected chi connectivity index (χ3v) is 5.07. The number of aryl methyl sites for hydroxylation is 2. The second-order valence-corrected chi connectivity index (χ2v) is 6.61. The number of amides is 1. The summed E-state index contributed by atoms with van der Waals surface area (Å²) in [5, 5.41) is 7.96. The molecule has 1 heterocycles. The second kappa shape index (κ2) is 6.52. The maximum atomic E-state index is 12.5. The molecule has 112 valence electrons. The highest BCUT2D eigenvalue weighted by Gasteiger charge is 2.30. The van der Waals surface area contributed by atoms with Gasteiger partial charge < -0.3 is 10.1 Å². The predicted octanol–water partition coefficient (Wildman–Crippen LogP) is 2.14. The zero-order valence-electron chi connectivity index (χ0n) is 12.6. The van der Waals surface area contributed by atoms with Gasteiger partial charge in [0.25, 0.3) is 5.91 Å². The molecule has 5 nitrogen and oxygen atoms in total. The van der Waals surface area contributed by atoms with Gasteiger partial charge in [0, 0.05) is 18.3 Å². The first-order valence-electron chi connectivity index (χ1n) is 7.08. The first kappa shape index (κ1) is 15.2. The summed E-state index contributed by atoms with van der Waals surface area (Å²) in [6.45, 7) is 4.00. The van der Waals surface area contributed by atoms with Crippen LogP contribution in [0.15, 0.2) is 0 Å². The number of carbonyl (C=O) groups is 1. The summed E-state index contributed by atoms with van der Waals surface area (Å²) in [4.78, 5) is 12.5. The number of carbonyl (C=O) groups excluding carboxylic acids is 1. The van der Waals surface area contributed by atoms with Crippen LogP contribution in [-0.4, -0.2) is 39.8 Å². The average Bonchev–Trinajstić information content (AvgIpc) is 2.94. The first-order valence-corrected chi connectivity index (χ1v) is 8.13. The number of ether oxygens (including phenoxy) is 1.